The van der Waals surface area contributed by atoms with Crippen molar-refractivity contribution in [1.29, 1.82) is 0 Å². The van der Waals surface area contributed by atoms with Crippen LogP contribution in [-0.2, 0) is 0 Å². The first-order chi connectivity index (χ1) is 25.3. The third-order valence-electron chi connectivity index (χ3n) is 9.82. The quantitative estimate of drug-likeness (QED) is 0.179. The van der Waals surface area contributed by atoms with Crippen molar-refractivity contribution >= 4 is 60.7 Å². The third kappa shape index (κ3) is 4.88. The number of rotatable bonds is 6. The van der Waals surface area contributed by atoms with E-state index in [-0.39, 0.29) is 0 Å². The smallest absolute Gasteiger partial charge is 0.227 e. The molecule has 4 heteroatoms. The van der Waals surface area contributed by atoms with Crippen LogP contribution in [0.4, 0.5) is 17.1 Å². The lowest BCUT2D eigenvalue weighted by Gasteiger charge is -2.26. The number of aromatic nitrogens is 2. The molecule has 0 radical (unpaired) electrons. The van der Waals surface area contributed by atoms with Gasteiger partial charge in [-0.15, -0.1) is 0 Å². The van der Waals surface area contributed by atoms with Crippen LogP contribution >= 0.6 is 0 Å². The third-order valence-corrected chi connectivity index (χ3v) is 9.82. The molecular formula is C47H31N3O. The number of fused-ring (bicyclic) bond motifs is 6. The second-order valence-corrected chi connectivity index (χ2v) is 12.8. The molecule has 0 aliphatic rings. The minimum atomic E-state index is 0.636. The maximum absolute atomic E-state index is 6.19. The molecular weight excluding hydrogens is 623 g/mol. The fraction of sp³-hybridized carbons (Fsp3) is 0. The van der Waals surface area contributed by atoms with E-state index < -0.39 is 0 Å². The Morgan fingerprint density at radius 2 is 1.08 bits per heavy atom. The molecule has 0 saturated carbocycles. The van der Waals surface area contributed by atoms with Gasteiger partial charge in [0, 0.05) is 44.5 Å². The first-order valence-corrected chi connectivity index (χ1v) is 17.2. The number of benzene rings is 8. The van der Waals surface area contributed by atoms with E-state index >= 15 is 0 Å². The zero-order valence-electron chi connectivity index (χ0n) is 27.6. The summed E-state index contributed by atoms with van der Waals surface area (Å²) in [6, 6.07) is 66.3. The fourth-order valence-electron chi connectivity index (χ4n) is 7.47. The van der Waals surface area contributed by atoms with Gasteiger partial charge in [0.1, 0.15) is 5.52 Å². The largest absolute Gasteiger partial charge is 0.436 e. The van der Waals surface area contributed by atoms with E-state index in [1.807, 2.05) is 36.4 Å². The Kier molecular flexibility index (Phi) is 6.78. The maximum Gasteiger partial charge on any atom is 0.227 e. The van der Waals surface area contributed by atoms with Crippen LogP contribution in [0, 0.1) is 0 Å². The van der Waals surface area contributed by atoms with Gasteiger partial charge in [-0.2, -0.15) is 0 Å². The van der Waals surface area contributed by atoms with Crippen LogP contribution in [0.15, 0.2) is 192 Å². The average molecular weight is 654 g/mol. The summed E-state index contributed by atoms with van der Waals surface area (Å²) in [4.78, 5) is 7.27. The van der Waals surface area contributed by atoms with Crippen LogP contribution < -0.4 is 4.90 Å². The van der Waals surface area contributed by atoms with Crippen molar-refractivity contribution in [2.24, 2.45) is 0 Å². The molecule has 0 unspecified atom stereocenters. The zero-order chi connectivity index (χ0) is 33.7. The first kappa shape index (κ1) is 29.0. The molecule has 0 spiro atoms. The van der Waals surface area contributed by atoms with Crippen molar-refractivity contribution in [3.8, 4) is 28.3 Å². The highest BCUT2D eigenvalue weighted by Crippen LogP contribution is 2.41. The SMILES string of the molecule is c1ccc(-c2nc3c(ccc4c(-c5ccc(N(c6ccccc6)c6ccc7c(c6)c6ccccc6n7-c6ccccc6)cc5)cccc43)o2)cc1. The Hall–Kier alpha value is -6.91. The van der Waals surface area contributed by atoms with Gasteiger partial charge < -0.3 is 13.9 Å². The fourth-order valence-corrected chi connectivity index (χ4v) is 7.47. The highest BCUT2D eigenvalue weighted by atomic mass is 16.3. The topological polar surface area (TPSA) is 34.2 Å². The van der Waals surface area contributed by atoms with Gasteiger partial charge in [-0.1, -0.05) is 103 Å². The minimum Gasteiger partial charge on any atom is -0.436 e. The summed E-state index contributed by atoms with van der Waals surface area (Å²) in [5.41, 5.74) is 11.8. The van der Waals surface area contributed by atoms with Crippen molar-refractivity contribution in [1.82, 2.24) is 9.55 Å². The van der Waals surface area contributed by atoms with Crippen molar-refractivity contribution in [3.63, 3.8) is 0 Å². The lowest BCUT2D eigenvalue weighted by atomic mass is 9.97. The van der Waals surface area contributed by atoms with Gasteiger partial charge in [0.2, 0.25) is 5.89 Å². The number of anilines is 3. The number of nitrogens with zero attached hydrogens (tertiary/aromatic N) is 3. The summed E-state index contributed by atoms with van der Waals surface area (Å²) in [5, 5.41) is 4.67. The summed E-state index contributed by atoms with van der Waals surface area (Å²) in [6.07, 6.45) is 0. The van der Waals surface area contributed by atoms with Gasteiger partial charge >= 0.3 is 0 Å². The standard InChI is InChI=1S/C47H31N3O/c1-4-13-33(14-5-1)47-48-46-41-21-12-20-38(39(41)28-30-45(46)51-47)32-23-25-36(26-24-32)49(34-15-6-2-7-16-34)37-27-29-44-42(31-37)40-19-10-11-22-43(40)50(44)35-17-8-3-9-18-35/h1-31H. The molecule has 0 atom stereocenters. The second-order valence-electron chi connectivity index (χ2n) is 12.8. The lowest BCUT2D eigenvalue weighted by molar-refractivity contribution is 0.620. The van der Waals surface area contributed by atoms with Crippen LogP contribution in [0.3, 0.4) is 0 Å². The molecule has 0 amide bonds. The molecule has 0 N–H and O–H groups in total. The summed E-state index contributed by atoms with van der Waals surface area (Å²) in [5.74, 6) is 0.636. The Bertz CT molecular complexity index is 2840. The van der Waals surface area contributed by atoms with Crippen LogP contribution in [0.1, 0.15) is 0 Å². The zero-order valence-corrected chi connectivity index (χ0v) is 27.6. The van der Waals surface area contributed by atoms with Crippen molar-refractivity contribution in [3.05, 3.63) is 188 Å². The predicted molar refractivity (Wildman–Crippen MR) is 211 cm³/mol. The molecule has 10 aromatic rings. The normalized spacial score (nSPS) is 11.5. The van der Waals surface area contributed by atoms with E-state index in [1.165, 1.54) is 21.8 Å². The minimum absolute atomic E-state index is 0.636. The molecule has 0 fully saturated rings. The van der Waals surface area contributed by atoms with Gasteiger partial charge in [-0.3, -0.25) is 0 Å². The molecule has 0 aliphatic carbocycles. The predicted octanol–water partition coefficient (Wildman–Crippen LogP) is 12.9. The molecule has 2 heterocycles. The second kappa shape index (κ2) is 11.9. The van der Waals surface area contributed by atoms with Gasteiger partial charge in [-0.25, -0.2) is 4.98 Å². The van der Waals surface area contributed by atoms with Crippen molar-refractivity contribution < 1.29 is 4.42 Å². The molecule has 240 valence electrons. The Morgan fingerprint density at radius 1 is 0.431 bits per heavy atom. The van der Waals surface area contributed by atoms with Crippen LogP contribution in [0.25, 0.3) is 71.9 Å². The molecule has 4 nitrogen and oxygen atoms in total. The van der Waals surface area contributed by atoms with Gasteiger partial charge in [0.15, 0.2) is 5.58 Å². The monoisotopic (exact) mass is 653 g/mol. The molecule has 0 saturated heterocycles. The summed E-state index contributed by atoms with van der Waals surface area (Å²) in [7, 11) is 0. The van der Waals surface area contributed by atoms with E-state index in [9.17, 15) is 0 Å². The van der Waals surface area contributed by atoms with E-state index in [0.717, 1.165) is 61.3 Å². The van der Waals surface area contributed by atoms with E-state index in [4.69, 9.17) is 9.40 Å². The van der Waals surface area contributed by atoms with Crippen LogP contribution in [0.5, 0.6) is 0 Å². The first-order valence-electron chi connectivity index (χ1n) is 17.2. The van der Waals surface area contributed by atoms with E-state index in [2.05, 4.69) is 161 Å². The molecule has 8 aromatic carbocycles. The van der Waals surface area contributed by atoms with Gasteiger partial charge in [0.05, 0.1) is 11.0 Å². The molecule has 51 heavy (non-hydrogen) atoms. The number of hydrogen-bond donors (Lipinski definition) is 0. The Labute approximate surface area is 295 Å². The molecule has 2 aromatic heterocycles. The number of oxazole rings is 1. The van der Waals surface area contributed by atoms with Crippen LogP contribution in [0.2, 0.25) is 0 Å². The molecule has 10 rings (SSSR count). The average Bonchev–Trinajstić information content (AvgIpc) is 3.79. The summed E-state index contributed by atoms with van der Waals surface area (Å²) >= 11 is 0. The number of para-hydroxylation sites is 3. The van der Waals surface area contributed by atoms with E-state index in [0.29, 0.717) is 5.89 Å². The number of hydrogen-bond acceptors (Lipinski definition) is 3. The Balaban J connectivity index is 1.08. The van der Waals surface area contributed by atoms with Gasteiger partial charge in [0.25, 0.3) is 0 Å². The summed E-state index contributed by atoms with van der Waals surface area (Å²) in [6.45, 7) is 0. The molecule has 0 bridgehead atoms. The molecule has 0 aliphatic heterocycles. The highest BCUT2D eigenvalue weighted by Gasteiger charge is 2.18. The van der Waals surface area contributed by atoms with E-state index in [1.54, 1.807) is 0 Å². The highest BCUT2D eigenvalue weighted by molar-refractivity contribution is 6.11. The summed E-state index contributed by atoms with van der Waals surface area (Å²) < 4.78 is 8.55. The van der Waals surface area contributed by atoms with Crippen molar-refractivity contribution in [2.75, 3.05) is 4.90 Å². The Morgan fingerprint density at radius 3 is 1.88 bits per heavy atom. The maximum atomic E-state index is 6.19. The van der Waals surface area contributed by atoms with Crippen molar-refractivity contribution in [2.45, 2.75) is 0 Å². The lowest BCUT2D eigenvalue weighted by Crippen LogP contribution is -2.09. The van der Waals surface area contributed by atoms with Crippen LogP contribution in [-0.4, -0.2) is 9.55 Å². The van der Waals surface area contributed by atoms with Gasteiger partial charge in [-0.05, 0) is 101 Å².